The Morgan fingerprint density at radius 1 is 1.05 bits per heavy atom. The minimum absolute atomic E-state index is 0.724. The summed E-state index contributed by atoms with van der Waals surface area (Å²) < 4.78 is 0. The van der Waals surface area contributed by atoms with Gasteiger partial charge >= 0.3 is 0 Å². The smallest absolute Gasteiger partial charge is 0.120 e. The van der Waals surface area contributed by atoms with E-state index in [1.165, 1.54) is 57.8 Å². The fraction of sp³-hybridized carbons (Fsp3) is 0.812. The molecular formula is C16H27N3. The summed E-state index contributed by atoms with van der Waals surface area (Å²) in [4.78, 5) is 7.52. The second-order valence-corrected chi connectivity index (χ2v) is 6.37. The number of rotatable bonds is 4. The molecule has 0 bridgehead atoms. The van der Waals surface area contributed by atoms with Gasteiger partial charge in [-0.3, -0.25) is 0 Å². The third kappa shape index (κ3) is 3.38. The van der Waals surface area contributed by atoms with E-state index in [4.69, 9.17) is 0 Å². The Hall–Kier alpha value is -0.830. The summed E-state index contributed by atoms with van der Waals surface area (Å²) in [6.45, 7) is 0.904. The lowest BCUT2D eigenvalue weighted by Crippen LogP contribution is -2.42. The predicted octanol–water partition coefficient (Wildman–Crippen LogP) is 3.64. The van der Waals surface area contributed by atoms with Crippen LogP contribution in [0.15, 0.2) is 12.4 Å². The highest BCUT2D eigenvalue weighted by Crippen LogP contribution is 2.38. The molecule has 3 nitrogen and oxygen atoms in total. The molecule has 19 heavy (non-hydrogen) atoms. The van der Waals surface area contributed by atoms with E-state index in [2.05, 4.69) is 15.3 Å². The fourth-order valence-corrected chi connectivity index (χ4v) is 4.16. The molecule has 0 aliphatic heterocycles. The Bertz CT molecular complexity index is 354. The Morgan fingerprint density at radius 2 is 1.84 bits per heavy atom. The lowest BCUT2D eigenvalue weighted by atomic mass is 9.71. The average molecular weight is 261 g/mol. The number of aromatic amines is 1. The molecule has 3 heteroatoms. The number of hydrogen-bond acceptors (Lipinski definition) is 2. The summed E-state index contributed by atoms with van der Waals surface area (Å²) in [5.74, 6) is 2.99. The van der Waals surface area contributed by atoms with Crippen LogP contribution >= 0.6 is 0 Å². The highest BCUT2D eigenvalue weighted by molar-refractivity contribution is 4.91. The molecule has 2 unspecified atom stereocenters. The minimum atomic E-state index is 0.724. The van der Waals surface area contributed by atoms with Crippen molar-refractivity contribution in [3.63, 3.8) is 0 Å². The molecule has 1 heterocycles. The van der Waals surface area contributed by atoms with E-state index in [1.54, 1.807) is 0 Å². The van der Waals surface area contributed by atoms with Gasteiger partial charge < -0.3 is 10.3 Å². The van der Waals surface area contributed by atoms with Gasteiger partial charge in [0, 0.05) is 18.4 Å². The van der Waals surface area contributed by atoms with E-state index in [0.717, 1.165) is 30.2 Å². The molecule has 0 radical (unpaired) electrons. The third-order valence-corrected chi connectivity index (χ3v) is 5.16. The highest BCUT2D eigenvalue weighted by atomic mass is 15.0. The zero-order chi connectivity index (χ0) is 12.9. The van der Waals surface area contributed by atoms with E-state index in [9.17, 15) is 0 Å². The first-order chi connectivity index (χ1) is 9.43. The van der Waals surface area contributed by atoms with Crippen LogP contribution in [0.3, 0.4) is 0 Å². The van der Waals surface area contributed by atoms with Gasteiger partial charge in [0.25, 0.3) is 0 Å². The first-order valence-corrected chi connectivity index (χ1v) is 8.15. The van der Waals surface area contributed by atoms with Crippen molar-refractivity contribution in [1.82, 2.24) is 15.3 Å². The number of nitrogens with one attached hydrogen (secondary N) is 2. The van der Waals surface area contributed by atoms with Gasteiger partial charge in [0.15, 0.2) is 0 Å². The standard InChI is InChI=1S/C16H27N3/c1-2-6-13(7-3-1)14-8-4-5-9-15(14)19-12-16-17-10-11-18-16/h10-11,13-15,19H,1-9,12H2,(H,17,18). The second-order valence-electron chi connectivity index (χ2n) is 6.37. The normalized spacial score (nSPS) is 29.5. The van der Waals surface area contributed by atoms with E-state index in [1.807, 2.05) is 12.4 Å². The van der Waals surface area contributed by atoms with E-state index >= 15 is 0 Å². The van der Waals surface area contributed by atoms with Crippen molar-refractivity contribution in [3.8, 4) is 0 Å². The zero-order valence-electron chi connectivity index (χ0n) is 11.9. The molecule has 2 N–H and O–H groups in total. The number of H-pyrrole nitrogens is 1. The first-order valence-electron chi connectivity index (χ1n) is 8.15. The largest absolute Gasteiger partial charge is 0.348 e. The Labute approximate surface area is 116 Å². The summed E-state index contributed by atoms with van der Waals surface area (Å²) in [5.41, 5.74) is 0. The fourth-order valence-electron chi connectivity index (χ4n) is 4.16. The quantitative estimate of drug-likeness (QED) is 0.868. The molecule has 2 aliphatic rings. The van der Waals surface area contributed by atoms with Crippen molar-refractivity contribution >= 4 is 0 Å². The molecule has 1 aromatic heterocycles. The number of aromatic nitrogens is 2. The summed E-state index contributed by atoms with van der Waals surface area (Å²) in [6, 6.07) is 0.724. The van der Waals surface area contributed by atoms with Crippen LogP contribution in [0, 0.1) is 11.8 Å². The maximum atomic E-state index is 4.32. The molecular weight excluding hydrogens is 234 g/mol. The van der Waals surface area contributed by atoms with Gasteiger partial charge in [-0.2, -0.15) is 0 Å². The van der Waals surface area contributed by atoms with Crippen LogP contribution in [-0.4, -0.2) is 16.0 Å². The van der Waals surface area contributed by atoms with Crippen LogP contribution in [0.2, 0.25) is 0 Å². The van der Waals surface area contributed by atoms with Gasteiger partial charge in [0.1, 0.15) is 5.82 Å². The SMILES string of the molecule is c1c[nH]c(CNC2CCCCC2C2CCCCC2)n1. The molecule has 1 aromatic rings. The molecule has 2 atom stereocenters. The maximum Gasteiger partial charge on any atom is 0.120 e. The van der Waals surface area contributed by atoms with Crippen LogP contribution in [0.1, 0.15) is 63.6 Å². The van der Waals surface area contributed by atoms with Gasteiger partial charge in [0.05, 0.1) is 6.54 Å². The van der Waals surface area contributed by atoms with Gasteiger partial charge in [-0.1, -0.05) is 44.9 Å². The molecule has 2 aliphatic carbocycles. The minimum Gasteiger partial charge on any atom is -0.348 e. The van der Waals surface area contributed by atoms with Crippen molar-refractivity contribution in [3.05, 3.63) is 18.2 Å². The van der Waals surface area contributed by atoms with Crippen LogP contribution in [0.25, 0.3) is 0 Å². The van der Waals surface area contributed by atoms with Crippen LogP contribution in [0.5, 0.6) is 0 Å². The van der Waals surface area contributed by atoms with Gasteiger partial charge in [-0.15, -0.1) is 0 Å². The molecule has 2 fully saturated rings. The molecule has 0 saturated heterocycles. The lowest BCUT2D eigenvalue weighted by Gasteiger charge is -2.39. The van der Waals surface area contributed by atoms with Gasteiger partial charge in [-0.25, -0.2) is 4.98 Å². The van der Waals surface area contributed by atoms with Crippen molar-refractivity contribution < 1.29 is 0 Å². The average Bonchev–Trinajstić information content (AvgIpc) is 3.00. The molecule has 106 valence electrons. The Balaban J connectivity index is 1.56. The number of hydrogen-bond donors (Lipinski definition) is 2. The molecule has 0 aromatic carbocycles. The van der Waals surface area contributed by atoms with Crippen molar-refractivity contribution in [2.24, 2.45) is 11.8 Å². The summed E-state index contributed by atoms with van der Waals surface area (Å²) in [6.07, 6.45) is 16.8. The maximum absolute atomic E-state index is 4.32. The van der Waals surface area contributed by atoms with Crippen molar-refractivity contribution in [2.45, 2.75) is 70.4 Å². The summed E-state index contributed by atoms with van der Waals surface area (Å²) in [7, 11) is 0. The molecule has 0 spiro atoms. The van der Waals surface area contributed by atoms with Crippen molar-refractivity contribution in [2.75, 3.05) is 0 Å². The van der Waals surface area contributed by atoms with E-state index in [0.29, 0.717) is 0 Å². The lowest BCUT2D eigenvalue weighted by molar-refractivity contribution is 0.149. The molecule has 3 rings (SSSR count). The second kappa shape index (κ2) is 6.56. The zero-order valence-corrected chi connectivity index (χ0v) is 11.9. The highest BCUT2D eigenvalue weighted by Gasteiger charge is 2.32. The van der Waals surface area contributed by atoms with Crippen molar-refractivity contribution in [1.29, 1.82) is 0 Å². The Morgan fingerprint density at radius 3 is 2.63 bits per heavy atom. The third-order valence-electron chi connectivity index (χ3n) is 5.16. The van der Waals surface area contributed by atoms with Gasteiger partial charge in [0.2, 0.25) is 0 Å². The topological polar surface area (TPSA) is 40.7 Å². The van der Waals surface area contributed by atoms with E-state index in [-0.39, 0.29) is 0 Å². The predicted molar refractivity (Wildman–Crippen MR) is 77.7 cm³/mol. The van der Waals surface area contributed by atoms with Crippen LogP contribution in [0.4, 0.5) is 0 Å². The number of nitrogens with zero attached hydrogens (tertiary/aromatic N) is 1. The molecule has 0 amide bonds. The summed E-state index contributed by atoms with van der Waals surface area (Å²) in [5, 5.41) is 3.78. The molecule has 2 saturated carbocycles. The van der Waals surface area contributed by atoms with Crippen LogP contribution in [-0.2, 0) is 6.54 Å². The van der Waals surface area contributed by atoms with E-state index < -0.39 is 0 Å². The Kier molecular flexibility index (Phi) is 4.54. The van der Waals surface area contributed by atoms with Gasteiger partial charge in [-0.05, 0) is 24.7 Å². The first kappa shape index (κ1) is 13.2. The monoisotopic (exact) mass is 261 g/mol. The van der Waals surface area contributed by atoms with Crippen LogP contribution < -0.4 is 5.32 Å². The number of imidazole rings is 1. The summed E-state index contributed by atoms with van der Waals surface area (Å²) >= 11 is 0.